The van der Waals surface area contributed by atoms with E-state index >= 15 is 0 Å². The lowest BCUT2D eigenvalue weighted by atomic mass is 9.51. The molecule has 1 heteroatoms. The Balaban J connectivity index is 1.03. The molecule has 14 rings (SSSR count). The minimum atomic E-state index is -0.516. The Hall–Kier alpha value is -7.22. The van der Waals surface area contributed by atoms with E-state index in [4.69, 9.17) is 0 Å². The van der Waals surface area contributed by atoms with E-state index in [1.807, 2.05) is 0 Å². The van der Waals surface area contributed by atoms with Crippen LogP contribution in [0.5, 0.6) is 0 Å². The molecule has 4 fully saturated rings. The Labute approximate surface area is 396 Å². The molecule has 5 aliphatic carbocycles. The third kappa shape index (κ3) is 6.50. The maximum absolute atomic E-state index is 2.56. The van der Waals surface area contributed by atoms with Gasteiger partial charge in [-0.1, -0.05) is 194 Å². The molecule has 0 heterocycles. The first kappa shape index (κ1) is 40.1. The van der Waals surface area contributed by atoms with E-state index in [0.29, 0.717) is 5.92 Å². The summed E-state index contributed by atoms with van der Waals surface area (Å²) in [4.78, 5) is 2.56. The van der Waals surface area contributed by atoms with Gasteiger partial charge in [0, 0.05) is 16.9 Å². The summed E-state index contributed by atoms with van der Waals surface area (Å²) in [7, 11) is 0. The van der Waals surface area contributed by atoms with Crippen molar-refractivity contribution in [2.75, 3.05) is 4.90 Å². The number of fused-ring (bicyclic) bond motifs is 3. The van der Waals surface area contributed by atoms with Crippen molar-refractivity contribution in [3.05, 3.63) is 258 Å². The number of anilines is 3. The molecule has 0 unspecified atom stereocenters. The first-order chi connectivity index (χ1) is 33.1. The smallest absolute Gasteiger partial charge is 0.0714 e. The number of rotatable bonds is 9. The van der Waals surface area contributed by atoms with Crippen molar-refractivity contribution in [1.29, 1.82) is 0 Å². The molecule has 0 N–H and O–H groups in total. The first-order valence-electron chi connectivity index (χ1n) is 24.7. The number of hydrogen-bond donors (Lipinski definition) is 0. The van der Waals surface area contributed by atoms with Crippen molar-refractivity contribution < 1.29 is 0 Å². The van der Waals surface area contributed by atoms with Crippen molar-refractivity contribution in [2.45, 2.75) is 50.4 Å². The molecule has 9 aromatic carbocycles. The van der Waals surface area contributed by atoms with Gasteiger partial charge in [0.2, 0.25) is 0 Å². The highest BCUT2D eigenvalue weighted by molar-refractivity contribution is 5.98. The van der Waals surface area contributed by atoms with Gasteiger partial charge in [0.25, 0.3) is 0 Å². The minimum Gasteiger partial charge on any atom is -0.310 e. The molecule has 0 aliphatic heterocycles. The quantitative estimate of drug-likeness (QED) is 0.140. The van der Waals surface area contributed by atoms with E-state index in [9.17, 15) is 0 Å². The zero-order chi connectivity index (χ0) is 44.5. The monoisotopic (exact) mass is 861 g/mol. The minimum absolute atomic E-state index is 0.516. The van der Waals surface area contributed by atoms with Gasteiger partial charge in [0.1, 0.15) is 0 Å². The van der Waals surface area contributed by atoms with E-state index in [0.717, 1.165) is 35.0 Å². The van der Waals surface area contributed by atoms with Crippen LogP contribution in [0.25, 0.3) is 44.5 Å². The van der Waals surface area contributed by atoms with Crippen LogP contribution < -0.4 is 4.90 Å². The zero-order valence-corrected chi connectivity index (χ0v) is 38.2. The lowest BCUT2D eigenvalue weighted by Crippen LogP contribution is -2.43. The number of nitrogens with zero attached hydrogens (tertiary/aromatic N) is 1. The molecule has 67 heavy (non-hydrogen) atoms. The summed E-state index contributed by atoms with van der Waals surface area (Å²) < 4.78 is 0. The SMILES string of the molecule is Cc1cccc2c1-c1ccc(N(c3ccc(C4C5CC6CC(C5)CC4C6)cc3)c3ccccc3-c3ccccc3-c3ccccc3-c3ccccc3)cc1C2(c1ccccc1)c1ccccc1. The van der Waals surface area contributed by atoms with E-state index in [2.05, 4.69) is 236 Å². The molecule has 0 amide bonds. The van der Waals surface area contributed by atoms with Gasteiger partial charge in [0.05, 0.1) is 11.1 Å². The molecule has 0 spiro atoms. The fraction of sp³-hybridized carbons (Fsp3) is 0.182. The van der Waals surface area contributed by atoms with Gasteiger partial charge in [0.15, 0.2) is 0 Å². The third-order valence-corrected chi connectivity index (χ3v) is 16.5. The molecule has 324 valence electrons. The van der Waals surface area contributed by atoms with Crippen molar-refractivity contribution in [3.63, 3.8) is 0 Å². The van der Waals surface area contributed by atoms with Crippen LogP contribution in [0, 0.1) is 30.6 Å². The average molecular weight is 862 g/mol. The van der Waals surface area contributed by atoms with Crippen LogP contribution >= 0.6 is 0 Å². The van der Waals surface area contributed by atoms with Gasteiger partial charge < -0.3 is 4.90 Å². The topological polar surface area (TPSA) is 3.24 Å². The molecule has 0 atom stereocenters. The van der Waals surface area contributed by atoms with Crippen LogP contribution in [0.15, 0.2) is 224 Å². The number of para-hydroxylation sites is 1. The third-order valence-electron chi connectivity index (χ3n) is 16.5. The highest BCUT2D eigenvalue weighted by Crippen LogP contribution is 2.61. The van der Waals surface area contributed by atoms with Crippen LogP contribution in [0.2, 0.25) is 0 Å². The summed E-state index contributed by atoms with van der Waals surface area (Å²) in [6, 6.07) is 84.5. The number of hydrogen-bond acceptors (Lipinski definition) is 1. The summed E-state index contributed by atoms with van der Waals surface area (Å²) >= 11 is 0. The molecule has 1 nitrogen and oxygen atoms in total. The summed E-state index contributed by atoms with van der Waals surface area (Å²) in [5, 5.41) is 0. The fourth-order valence-electron chi connectivity index (χ4n) is 14.0. The Kier molecular flexibility index (Phi) is 9.74. The van der Waals surface area contributed by atoms with Crippen molar-refractivity contribution in [3.8, 4) is 44.5 Å². The van der Waals surface area contributed by atoms with Crippen LogP contribution in [0.3, 0.4) is 0 Å². The normalized spacial score (nSPS) is 20.6. The van der Waals surface area contributed by atoms with E-state index in [1.54, 1.807) is 5.56 Å². The second kappa shape index (κ2) is 16.3. The Bertz CT molecular complexity index is 3190. The Morgan fingerprint density at radius 1 is 0.388 bits per heavy atom. The van der Waals surface area contributed by atoms with E-state index in [1.165, 1.54) is 110 Å². The van der Waals surface area contributed by atoms with Gasteiger partial charge in [-0.3, -0.25) is 0 Å². The first-order valence-corrected chi connectivity index (χ1v) is 24.7. The highest BCUT2D eigenvalue weighted by Gasteiger charge is 2.49. The Morgan fingerprint density at radius 2 is 0.896 bits per heavy atom. The van der Waals surface area contributed by atoms with E-state index < -0.39 is 5.41 Å². The average Bonchev–Trinajstić information content (AvgIpc) is 3.69. The second-order valence-electron chi connectivity index (χ2n) is 20.1. The number of benzene rings is 9. The largest absolute Gasteiger partial charge is 0.310 e. The summed E-state index contributed by atoms with van der Waals surface area (Å²) in [5.41, 5.74) is 21.0. The second-order valence-corrected chi connectivity index (χ2v) is 20.1. The van der Waals surface area contributed by atoms with Gasteiger partial charge in [-0.15, -0.1) is 0 Å². The van der Waals surface area contributed by atoms with Crippen LogP contribution in [0.4, 0.5) is 17.1 Å². The standard InChI is InChI=1S/C66H55N/c1-44-18-17-30-61-64(44)60-37-36-54(43-62(60)66(61,51-21-7-3-8-22-51)52-23-9-4-10-24-52)67(53-34-32-48(33-35-53)65-49-39-45-38-46(41-49)42-50(65)40-45)63-31-16-15-29-59(63)58-28-14-13-27-57(58)56-26-12-11-25-55(56)47-19-5-2-6-20-47/h2-37,43,45-46,49-50,65H,38-42H2,1H3. The lowest BCUT2D eigenvalue weighted by Gasteiger charge is -2.54. The van der Waals surface area contributed by atoms with Gasteiger partial charge >= 0.3 is 0 Å². The zero-order valence-electron chi connectivity index (χ0n) is 38.2. The molecular weight excluding hydrogens is 807 g/mol. The molecule has 4 bridgehead atoms. The number of aryl methyl sites for hydroxylation is 1. The fourth-order valence-corrected chi connectivity index (χ4v) is 14.0. The maximum Gasteiger partial charge on any atom is 0.0714 e. The molecule has 5 aliphatic rings. The molecule has 0 aromatic heterocycles. The predicted molar refractivity (Wildman–Crippen MR) is 279 cm³/mol. The van der Waals surface area contributed by atoms with Gasteiger partial charge in [-0.05, 0) is 171 Å². The summed E-state index contributed by atoms with van der Waals surface area (Å²) in [6.45, 7) is 2.28. The van der Waals surface area contributed by atoms with Gasteiger partial charge in [-0.2, -0.15) is 0 Å². The van der Waals surface area contributed by atoms with E-state index in [-0.39, 0.29) is 0 Å². The van der Waals surface area contributed by atoms with Crippen molar-refractivity contribution in [1.82, 2.24) is 0 Å². The molecule has 0 saturated heterocycles. The lowest BCUT2D eigenvalue weighted by molar-refractivity contribution is -0.00277. The van der Waals surface area contributed by atoms with Crippen LogP contribution in [-0.2, 0) is 5.41 Å². The maximum atomic E-state index is 2.56. The van der Waals surface area contributed by atoms with Crippen LogP contribution in [0.1, 0.15) is 71.4 Å². The molecular formula is C66H55N. The van der Waals surface area contributed by atoms with Crippen molar-refractivity contribution >= 4 is 17.1 Å². The summed E-state index contributed by atoms with van der Waals surface area (Å²) in [5.74, 6) is 4.26. The van der Waals surface area contributed by atoms with Gasteiger partial charge in [-0.25, -0.2) is 0 Å². The molecule has 9 aromatic rings. The molecule has 4 saturated carbocycles. The van der Waals surface area contributed by atoms with Crippen LogP contribution in [-0.4, -0.2) is 0 Å². The van der Waals surface area contributed by atoms with Crippen molar-refractivity contribution in [2.24, 2.45) is 23.7 Å². The Morgan fingerprint density at radius 3 is 1.52 bits per heavy atom. The summed E-state index contributed by atoms with van der Waals surface area (Å²) in [6.07, 6.45) is 7.18. The molecule has 0 radical (unpaired) electrons. The highest BCUT2D eigenvalue weighted by atomic mass is 15.1. The predicted octanol–water partition coefficient (Wildman–Crippen LogP) is 17.4.